The van der Waals surface area contributed by atoms with E-state index in [2.05, 4.69) is 14.4 Å². The molecule has 14 heteroatoms. The van der Waals surface area contributed by atoms with Crippen LogP contribution < -0.4 is 14.2 Å². The van der Waals surface area contributed by atoms with Gasteiger partial charge in [0.15, 0.2) is 5.13 Å². The summed E-state index contributed by atoms with van der Waals surface area (Å²) in [4.78, 5) is 15.5. The molecule has 0 bridgehead atoms. The number of rotatable bonds is 9. The number of nitrogens with one attached hydrogen (secondary N) is 2. The zero-order chi connectivity index (χ0) is 26.8. The molecule has 0 amide bonds. The number of hydrogen-bond donors (Lipinski definition) is 3. The zero-order valence-electron chi connectivity index (χ0n) is 18.9. The van der Waals surface area contributed by atoms with E-state index in [1.807, 2.05) is 0 Å². The van der Waals surface area contributed by atoms with Crippen LogP contribution in [0, 0.1) is 0 Å². The average molecular weight is 580 g/mol. The summed E-state index contributed by atoms with van der Waals surface area (Å²) in [6, 6.07) is 15.6. The Morgan fingerprint density at radius 1 is 0.946 bits per heavy atom. The molecule has 37 heavy (non-hydrogen) atoms. The van der Waals surface area contributed by atoms with Crippen molar-refractivity contribution in [2.24, 2.45) is 0 Å². The number of ether oxygens (including phenoxy) is 1. The molecule has 1 heterocycles. The zero-order valence-corrected chi connectivity index (χ0v) is 22.1. The second-order valence-corrected chi connectivity index (χ2v) is 12.1. The van der Waals surface area contributed by atoms with Crippen LogP contribution in [0.3, 0.4) is 0 Å². The molecular weight excluding hydrogens is 562 g/mol. The van der Waals surface area contributed by atoms with E-state index >= 15 is 0 Å². The highest BCUT2D eigenvalue weighted by Gasteiger charge is 2.22. The number of hydrogen-bond acceptors (Lipinski definition) is 8. The van der Waals surface area contributed by atoms with E-state index in [0.29, 0.717) is 16.3 Å². The SMILES string of the molecule is COc1ccc(S(=O)(=O)Nc2nc(-c3ccccc3NS(=O)(=O)c3ccc(Cl)cc3)cs2)cc1C(=O)O. The molecule has 0 aliphatic carbocycles. The van der Waals surface area contributed by atoms with Crippen LogP contribution in [-0.2, 0) is 20.0 Å². The molecule has 0 aliphatic heterocycles. The minimum absolute atomic E-state index is 0.00180. The summed E-state index contributed by atoms with van der Waals surface area (Å²) in [5.41, 5.74) is 0.655. The molecule has 0 saturated heterocycles. The molecule has 0 fully saturated rings. The number of carboxylic acid groups (broad SMARTS) is 1. The van der Waals surface area contributed by atoms with Crippen LogP contribution in [0.4, 0.5) is 10.8 Å². The molecule has 3 aromatic carbocycles. The highest BCUT2D eigenvalue weighted by Crippen LogP contribution is 2.33. The first kappa shape index (κ1) is 26.4. The lowest BCUT2D eigenvalue weighted by molar-refractivity contribution is 0.0693. The molecular formula is C23H18ClN3O7S3. The molecule has 4 rings (SSSR count). The average Bonchev–Trinajstić information content (AvgIpc) is 3.31. The summed E-state index contributed by atoms with van der Waals surface area (Å²) in [6.45, 7) is 0. The fourth-order valence-corrected chi connectivity index (χ4v) is 6.45. The second-order valence-electron chi connectivity index (χ2n) is 7.42. The summed E-state index contributed by atoms with van der Waals surface area (Å²) < 4.78 is 61.3. The van der Waals surface area contributed by atoms with Crippen molar-refractivity contribution in [2.45, 2.75) is 9.79 Å². The molecule has 10 nitrogen and oxygen atoms in total. The Kier molecular flexibility index (Phi) is 7.41. The number of carboxylic acids is 1. The minimum atomic E-state index is -4.18. The van der Waals surface area contributed by atoms with Crippen molar-refractivity contribution >= 4 is 59.8 Å². The van der Waals surface area contributed by atoms with Gasteiger partial charge in [-0.2, -0.15) is 0 Å². The minimum Gasteiger partial charge on any atom is -0.496 e. The molecule has 4 aromatic rings. The molecule has 0 saturated carbocycles. The molecule has 0 radical (unpaired) electrons. The van der Waals surface area contributed by atoms with E-state index < -0.39 is 26.0 Å². The summed E-state index contributed by atoms with van der Waals surface area (Å²) >= 11 is 6.82. The van der Waals surface area contributed by atoms with Crippen molar-refractivity contribution in [1.29, 1.82) is 0 Å². The van der Waals surface area contributed by atoms with E-state index in [1.54, 1.807) is 29.6 Å². The van der Waals surface area contributed by atoms with Gasteiger partial charge in [0.25, 0.3) is 20.0 Å². The standard InChI is InChI=1S/C23H18ClN3O7S3/c1-34-21-11-10-16(12-18(21)22(28)29)37(32,33)27-23-25-20(13-35-23)17-4-2-3-5-19(17)26-36(30,31)15-8-6-14(24)7-9-15/h2-13,26H,1H3,(H,25,27)(H,28,29). The number of anilines is 2. The van der Waals surface area contributed by atoms with Crippen LogP contribution in [0.2, 0.25) is 5.02 Å². The van der Waals surface area contributed by atoms with E-state index in [4.69, 9.17) is 16.3 Å². The van der Waals surface area contributed by atoms with Crippen molar-refractivity contribution < 1.29 is 31.5 Å². The van der Waals surface area contributed by atoms with Crippen molar-refractivity contribution in [3.8, 4) is 17.0 Å². The van der Waals surface area contributed by atoms with Crippen LogP contribution in [0.5, 0.6) is 5.75 Å². The summed E-state index contributed by atoms with van der Waals surface area (Å²) in [5, 5.41) is 11.3. The Labute approximate surface area is 221 Å². The quantitative estimate of drug-likeness (QED) is 0.256. The van der Waals surface area contributed by atoms with Gasteiger partial charge in [0.2, 0.25) is 0 Å². The van der Waals surface area contributed by atoms with Crippen molar-refractivity contribution in [3.05, 3.63) is 82.7 Å². The second kappa shape index (κ2) is 10.4. The molecule has 0 aliphatic rings. The molecule has 0 unspecified atom stereocenters. The first-order valence-electron chi connectivity index (χ1n) is 10.3. The number of thiazole rings is 1. The number of carbonyl (C=O) groups is 1. The number of halogens is 1. The predicted molar refractivity (Wildman–Crippen MR) is 141 cm³/mol. The summed E-state index contributed by atoms with van der Waals surface area (Å²) in [7, 11) is -6.85. The number of sulfonamides is 2. The van der Waals surface area contributed by atoms with Crippen LogP contribution in [0.1, 0.15) is 10.4 Å². The lowest BCUT2D eigenvalue weighted by Gasteiger charge is -2.11. The summed E-state index contributed by atoms with van der Waals surface area (Å²) in [6.07, 6.45) is 0. The third-order valence-electron chi connectivity index (χ3n) is 5.01. The van der Waals surface area contributed by atoms with Gasteiger partial charge in [0.1, 0.15) is 11.3 Å². The Morgan fingerprint density at radius 2 is 1.59 bits per heavy atom. The Balaban J connectivity index is 1.61. The third kappa shape index (κ3) is 5.85. The maximum absolute atomic E-state index is 12.9. The van der Waals surface area contributed by atoms with Gasteiger partial charge in [0.05, 0.1) is 28.3 Å². The normalized spacial score (nSPS) is 11.6. The highest BCUT2D eigenvalue weighted by molar-refractivity contribution is 7.93. The smallest absolute Gasteiger partial charge is 0.339 e. The fraction of sp³-hybridized carbons (Fsp3) is 0.0435. The number of para-hydroxylation sites is 1. The van der Waals surface area contributed by atoms with Gasteiger partial charge < -0.3 is 9.84 Å². The first-order valence-corrected chi connectivity index (χ1v) is 14.5. The molecule has 192 valence electrons. The van der Waals surface area contributed by atoms with Crippen LogP contribution in [-0.4, -0.2) is 40.0 Å². The molecule has 0 spiro atoms. The van der Waals surface area contributed by atoms with Crippen molar-refractivity contribution in [2.75, 3.05) is 16.6 Å². The van der Waals surface area contributed by atoms with Crippen LogP contribution >= 0.6 is 22.9 Å². The fourth-order valence-electron chi connectivity index (χ4n) is 3.25. The van der Waals surface area contributed by atoms with Crippen LogP contribution in [0.25, 0.3) is 11.3 Å². The number of aromatic nitrogens is 1. The van der Waals surface area contributed by atoms with E-state index in [0.717, 1.165) is 17.4 Å². The van der Waals surface area contributed by atoms with Gasteiger partial charge in [-0.3, -0.25) is 9.44 Å². The highest BCUT2D eigenvalue weighted by atomic mass is 35.5. The van der Waals surface area contributed by atoms with Crippen LogP contribution in [0.15, 0.2) is 81.9 Å². The van der Waals surface area contributed by atoms with Crippen molar-refractivity contribution in [3.63, 3.8) is 0 Å². The Bertz CT molecular complexity index is 1690. The van der Waals surface area contributed by atoms with Gasteiger partial charge in [-0.15, -0.1) is 11.3 Å². The largest absolute Gasteiger partial charge is 0.496 e. The predicted octanol–water partition coefficient (Wildman–Crippen LogP) is 4.77. The first-order chi connectivity index (χ1) is 17.5. The van der Waals surface area contributed by atoms with Gasteiger partial charge >= 0.3 is 5.97 Å². The monoisotopic (exact) mass is 579 g/mol. The Hall–Kier alpha value is -3.65. The maximum Gasteiger partial charge on any atom is 0.339 e. The molecule has 0 atom stereocenters. The number of benzene rings is 3. The maximum atomic E-state index is 12.9. The number of methoxy groups -OCH3 is 1. The van der Waals surface area contributed by atoms with Gasteiger partial charge in [-0.1, -0.05) is 29.8 Å². The lowest BCUT2D eigenvalue weighted by Crippen LogP contribution is -2.14. The Morgan fingerprint density at radius 3 is 2.27 bits per heavy atom. The number of nitrogens with zero attached hydrogens (tertiary/aromatic N) is 1. The lowest BCUT2D eigenvalue weighted by atomic mass is 10.1. The van der Waals surface area contributed by atoms with E-state index in [-0.39, 0.29) is 31.9 Å². The third-order valence-corrected chi connectivity index (χ3v) is 8.87. The van der Waals surface area contributed by atoms with Gasteiger partial charge in [-0.25, -0.2) is 26.6 Å². The topological polar surface area (TPSA) is 152 Å². The molecule has 3 N–H and O–H groups in total. The van der Waals surface area contributed by atoms with E-state index in [1.165, 1.54) is 43.5 Å². The van der Waals surface area contributed by atoms with E-state index in [9.17, 15) is 26.7 Å². The number of aromatic carboxylic acids is 1. The summed E-state index contributed by atoms with van der Waals surface area (Å²) in [5.74, 6) is -1.33. The van der Waals surface area contributed by atoms with Gasteiger partial charge in [0, 0.05) is 16.0 Å². The van der Waals surface area contributed by atoms with Crippen molar-refractivity contribution in [1.82, 2.24) is 4.98 Å². The molecule has 1 aromatic heterocycles. The van der Waals surface area contributed by atoms with Gasteiger partial charge in [-0.05, 0) is 48.5 Å².